The van der Waals surface area contributed by atoms with Crippen LogP contribution in [0.1, 0.15) is 12.0 Å². The summed E-state index contributed by atoms with van der Waals surface area (Å²) in [6.07, 6.45) is 1.12. The van der Waals surface area contributed by atoms with Crippen molar-refractivity contribution in [2.24, 2.45) is 5.73 Å². The van der Waals surface area contributed by atoms with Crippen LogP contribution in [0.25, 0.3) is 0 Å². The van der Waals surface area contributed by atoms with Crippen LogP contribution in [0.2, 0.25) is 0 Å². The summed E-state index contributed by atoms with van der Waals surface area (Å²) in [7, 11) is 0. The monoisotopic (exact) mass is 176 g/mol. The van der Waals surface area contributed by atoms with Gasteiger partial charge in [0.25, 0.3) is 0 Å². The highest BCUT2D eigenvalue weighted by atomic mass is 15.2. The minimum Gasteiger partial charge on any atom is -0.370 e. The van der Waals surface area contributed by atoms with Gasteiger partial charge in [0.15, 0.2) is 0 Å². The lowest BCUT2D eigenvalue weighted by Crippen LogP contribution is -2.26. The number of hydrogen-bond acceptors (Lipinski definition) is 2. The topological polar surface area (TPSA) is 29.3 Å². The minimum absolute atomic E-state index is 0.362. The molecule has 1 heterocycles. The number of nitrogens with two attached hydrogens (primary N) is 1. The van der Waals surface area contributed by atoms with Gasteiger partial charge in [0, 0.05) is 24.8 Å². The average Bonchev–Trinajstić information content (AvgIpc) is 2.53. The van der Waals surface area contributed by atoms with Crippen LogP contribution in [-0.2, 0) is 0 Å². The van der Waals surface area contributed by atoms with Gasteiger partial charge in [0.05, 0.1) is 0 Å². The molecule has 1 aromatic rings. The zero-order valence-corrected chi connectivity index (χ0v) is 8.03. The Kier molecular flexibility index (Phi) is 2.23. The van der Waals surface area contributed by atoms with Gasteiger partial charge < -0.3 is 10.6 Å². The van der Waals surface area contributed by atoms with Crippen molar-refractivity contribution < 1.29 is 0 Å². The second-order valence-corrected chi connectivity index (χ2v) is 3.83. The molecule has 2 heteroatoms. The van der Waals surface area contributed by atoms with Gasteiger partial charge in [-0.1, -0.05) is 17.7 Å². The fourth-order valence-corrected chi connectivity index (χ4v) is 1.78. The third-order valence-corrected chi connectivity index (χ3v) is 2.62. The van der Waals surface area contributed by atoms with Crippen molar-refractivity contribution in [3.05, 3.63) is 29.8 Å². The Balaban J connectivity index is 2.13. The minimum atomic E-state index is 0.362. The summed E-state index contributed by atoms with van der Waals surface area (Å²) < 4.78 is 0. The van der Waals surface area contributed by atoms with E-state index in [-0.39, 0.29) is 0 Å². The van der Waals surface area contributed by atoms with Crippen LogP contribution in [-0.4, -0.2) is 19.1 Å². The van der Waals surface area contributed by atoms with Gasteiger partial charge in [-0.25, -0.2) is 0 Å². The molecule has 0 aliphatic carbocycles. The number of hydrogen-bond donors (Lipinski definition) is 1. The van der Waals surface area contributed by atoms with Gasteiger partial charge in [-0.15, -0.1) is 0 Å². The number of anilines is 1. The van der Waals surface area contributed by atoms with Crippen LogP contribution < -0.4 is 10.6 Å². The molecule has 1 aromatic carbocycles. The van der Waals surface area contributed by atoms with Crippen LogP contribution in [0.5, 0.6) is 0 Å². The Morgan fingerprint density at radius 1 is 1.31 bits per heavy atom. The van der Waals surface area contributed by atoms with Gasteiger partial charge in [0.2, 0.25) is 0 Å². The van der Waals surface area contributed by atoms with E-state index in [1.54, 1.807) is 0 Å². The zero-order chi connectivity index (χ0) is 9.26. The van der Waals surface area contributed by atoms with Crippen LogP contribution in [0, 0.1) is 6.92 Å². The maximum atomic E-state index is 5.85. The fraction of sp³-hybridized carbons (Fsp3) is 0.455. The van der Waals surface area contributed by atoms with Gasteiger partial charge in [-0.3, -0.25) is 0 Å². The predicted octanol–water partition coefficient (Wildman–Crippen LogP) is 1.53. The Labute approximate surface area is 79.4 Å². The van der Waals surface area contributed by atoms with Gasteiger partial charge in [-0.2, -0.15) is 0 Å². The second-order valence-electron chi connectivity index (χ2n) is 3.83. The van der Waals surface area contributed by atoms with E-state index in [1.165, 1.54) is 11.3 Å². The first-order valence-electron chi connectivity index (χ1n) is 4.83. The summed E-state index contributed by atoms with van der Waals surface area (Å²) >= 11 is 0. The number of benzene rings is 1. The van der Waals surface area contributed by atoms with E-state index in [4.69, 9.17) is 5.73 Å². The van der Waals surface area contributed by atoms with Crippen molar-refractivity contribution >= 4 is 5.69 Å². The Morgan fingerprint density at radius 3 is 2.54 bits per heavy atom. The van der Waals surface area contributed by atoms with Gasteiger partial charge in [-0.05, 0) is 25.5 Å². The van der Waals surface area contributed by atoms with Crippen molar-refractivity contribution in [2.45, 2.75) is 19.4 Å². The standard InChI is InChI=1S/C11H16N2/c1-9-2-4-11(5-3-9)13-7-6-10(12)8-13/h2-5,10H,6-8,12H2,1H3/t10-/m1/s1. The first-order valence-corrected chi connectivity index (χ1v) is 4.83. The summed E-state index contributed by atoms with van der Waals surface area (Å²) in [5.74, 6) is 0. The molecule has 0 radical (unpaired) electrons. The number of aryl methyl sites for hydroxylation is 1. The molecule has 0 aromatic heterocycles. The number of nitrogens with zero attached hydrogens (tertiary/aromatic N) is 1. The van der Waals surface area contributed by atoms with Crippen molar-refractivity contribution in [1.82, 2.24) is 0 Å². The Hall–Kier alpha value is -1.02. The molecule has 0 spiro atoms. The Morgan fingerprint density at radius 2 is 2.00 bits per heavy atom. The Bertz CT molecular complexity index is 279. The van der Waals surface area contributed by atoms with E-state index in [9.17, 15) is 0 Å². The smallest absolute Gasteiger partial charge is 0.0366 e. The average molecular weight is 176 g/mol. The predicted molar refractivity (Wildman–Crippen MR) is 56.0 cm³/mol. The summed E-state index contributed by atoms with van der Waals surface area (Å²) in [5, 5.41) is 0. The molecule has 0 unspecified atom stereocenters. The van der Waals surface area contributed by atoms with Crippen LogP contribution in [0.4, 0.5) is 5.69 Å². The molecule has 2 N–H and O–H groups in total. The number of rotatable bonds is 1. The molecule has 1 aliphatic rings. The van der Waals surface area contributed by atoms with Crippen LogP contribution in [0.3, 0.4) is 0 Å². The molecule has 1 atom stereocenters. The highest BCUT2D eigenvalue weighted by Crippen LogP contribution is 2.19. The van der Waals surface area contributed by atoms with E-state index in [0.717, 1.165) is 19.5 Å². The van der Waals surface area contributed by atoms with Crippen LogP contribution in [0.15, 0.2) is 24.3 Å². The molecule has 0 amide bonds. The third kappa shape index (κ3) is 1.83. The fourth-order valence-electron chi connectivity index (χ4n) is 1.78. The van der Waals surface area contributed by atoms with Crippen molar-refractivity contribution in [1.29, 1.82) is 0 Å². The largest absolute Gasteiger partial charge is 0.370 e. The second kappa shape index (κ2) is 3.38. The maximum absolute atomic E-state index is 5.85. The molecule has 70 valence electrons. The molecule has 0 bridgehead atoms. The van der Waals surface area contributed by atoms with Crippen molar-refractivity contribution in [3.63, 3.8) is 0 Å². The van der Waals surface area contributed by atoms with E-state index >= 15 is 0 Å². The molecule has 2 rings (SSSR count). The molecule has 2 nitrogen and oxygen atoms in total. The molecular formula is C11H16N2. The normalized spacial score (nSPS) is 22.3. The molecule has 0 saturated carbocycles. The molecule has 1 fully saturated rings. The lowest BCUT2D eigenvalue weighted by molar-refractivity contribution is 0.752. The van der Waals surface area contributed by atoms with E-state index in [2.05, 4.69) is 36.1 Å². The summed E-state index contributed by atoms with van der Waals surface area (Å²) in [6, 6.07) is 9.01. The molecule has 1 saturated heterocycles. The third-order valence-electron chi connectivity index (χ3n) is 2.62. The van der Waals surface area contributed by atoms with Crippen molar-refractivity contribution in [2.75, 3.05) is 18.0 Å². The van der Waals surface area contributed by atoms with Gasteiger partial charge in [0.1, 0.15) is 0 Å². The molecule has 13 heavy (non-hydrogen) atoms. The molecular weight excluding hydrogens is 160 g/mol. The first kappa shape index (κ1) is 8.57. The zero-order valence-electron chi connectivity index (χ0n) is 8.03. The highest BCUT2D eigenvalue weighted by Gasteiger charge is 2.18. The summed E-state index contributed by atoms with van der Waals surface area (Å²) in [4.78, 5) is 2.35. The van der Waals surface area contributed by atoms with Crippen molar-refractivity contribution in [3.8, 4) is 0 Å². The van der Waals surface area contributed by atoms with E-state index < -0.39 is 0 Å². The van der Waals surface area contributed by atoms with Gasteiger partial charge >= 0.3 is 0 Å². The first-order chi connectivity index (χ1) is 6.25. The highest BCUT2D eigenvalue weighted by molar-refractivity contribution is 5.48. The lowest BCUT2D eigenvalue weighted by atomic mass is 10.2. The SMILES string of the molecule is Cc1ccc(N2CC[C@@H](N)C2)cc1. The quantitative estimate of drug-likeness (QED) is 0.703. The van der Waals surface area contributed by atoms with E-state index in [0.29, 0.717) is 6.04 Å². The molecule has 1 aliphatic heterocycles. The summed E-state index contributed by atoms with van der Waals surface area (Å²) in [5.41, 5.74) is 8.47. The summed E-state index contributed by atoms with van der Waals surface area (Å²) in [6.45, 7) is 4.22. The van der Waals surface area contributed by atoms with Crippen LogP contribution >= 0.6 is 0 Å². The van der Waals surface area contributed by atoms with E-state index in [1.807, 2.05) is 0 Å². The maximum Gasteiger partial charge on any atom is 0.0366 e. The lowest BCUT2D eigenvalue weighted by Gasteiger charge is -2.17.